The summed E-state index contributed by atoms with van der Waals surface area (Å²) in [5.74, 6) is -2.80. The van der Waals surface area contributed by atoms with Crippen LogP contribution in [-0.2, 0) is 39.0 Å². The molecule has 0 saturated carbocycles. The van der Waals surface area contributed by atoms with Crippen molar-refractivity contribution in [3.05, 3.63) is 234 Å². The van der Waals surface area contributed by atoms with Gasteiger partial charge in [-0.25, -0.2) is 19.7 Å². The molecular formula is C59H56N10O10S3. The maximum Gasteiger partial charge on any atom is 0.408 e. The first-order valence-corrected chi connectivity index (χ1v) is 28.5. The van der Waals surface area contributed by atoms with Crippen molar-refractivity contribution in [2.45, 2.75) is 67.7 Å². The number of H-pyrrole nitrogens is 1. The monoisotopic (exact) mass is 1160 g/mol. The Kier molecular flexibility index (Phi) is 18.0. The minimum atomic E-state index is -1.14. The molecule has 0 aliphatic carbocycles. The van der Waals surface area contributed by atoms with E-state index in [1.807, 2.05) is 152 Å². The number of nitrogens with one attached hydrogen (secondary N) is 5. The smallest absolute Gasteiger partial charge is 0.408 e. The molecule has 20 nitrogen and oxygen atoms in total. The van der Waals surface area contributed by atoms with Gasteiger partial charge in [0.2, 0.25) is 5.91 Å². The third-order valence-corrected chi connectivity index (χ3v) is 15.7. The zero-order chi connectivity index (χ0) is 58.0. The number of amides is 4. The van der Waals surface area contributed by atoms with E-state index >= 15 is 0 Å². The van der Waals surface area contributed by atoms with Crippen LogP contribution in [-0.4, -0.2) is 96.6 Å². The van der Waals surface area contributed by atoms with E-state index in [-0.39, 0.29) is 28.0 Å². The molecule has 9 rings (SSSR count). The Morgan fingerprint density at radius 2 is 1.39 bits per heavy atom. The van der Waals surface area contributed by atoms with Crippen LogP contribution in [0.25, 0.3) is 0 Å². The number of ether oxygens (including phenoxy) is 2. The maximum absolute atomic E-state index is 14.9. The largest absolute Gasteiger partial charge is 0.448 e. The van der Waals surface area contributed by atoms with E-state index in [2.05, 4.69) is 36.6 Å². The van der Waals surface area contributed by atoms with Gasteiger partial charge < -0.3 is 35.6 Å². The van der Waals surface area contributed by atoms with Crippen LogP contribution < -0.4 is 32.4 Å². The van der Waals surface area contributed by atoms with Gasteiger partial charge in [-0.1, -0.05) is 169 Å². The summed E-state index contributed by atoms with van der Waals surface area (Å²) in [5, 5.41) is 24.6. The summed E-state index contributed by atoms with van der Waals surface area (Å²) < 4.78 is 12.5. The van der Waals surface area contributed by atoms with Crippen LogP contribution in [0.15, 0.2) is 200 Å². The summed E-state index contributed by atoms with van der Waals surface area (Å²) in [5.41, 5.74) is 0.522. The normalized spacial score (nSPS) is 15.7. The molecule has 1 fully saturated rings. The third-order valence-electron chi connectivity index (χ3n) is 12.8. The number of fused-ring (bicyclic) bond motifs is 1. The van der Waals surface area contributed by atoms with Gasteiger partial charge in [0, 0.05) is 11.1 Å². The number of alkyl carbamates (subject to hydrolysis) is 1. The lowest BCUT2D eigenvalue weighted by Crippen LogP contribution is -2.71. The highest BCUT2D eigenvalue weighted by atomic mass is 32.2. The number of carbonyl (C=O) groups is 5. The molecule has 2 aromatic heterocycles. The van der Waals surface area contributed by atoms with Crippen molar-refractivity contribution in [1.29, 1.82) is 0 Å². The molecule has 7 aromatic rings. The van der Waals surface area contributed by atoms with Crippen molar-refractivity contribution in [3.8, 4) is 0 Å². The predicted molar refractivity (Wildman–Crippen MR) is 313 cm³/mol. The molecule has 82 heavy (non-hydrogen) atoms. The standard InChI is InChI=1S/C59H56N10O10S3/c1-36(61-44(70)33-60-57(76)79-58(2,3)4)68-52(74)50(72)65-66-56(68)80-32-31-39-34-81-53-46(51(73)69(53)47(39)54(75)78-48(37-21-11-6-12-22-37)38-23-13-7-14-24-38)63-49(71)45(67-77-5)43-35-82-55(62-43)64-59(40-25-15-8-16-26-40,41-27-17-9-18-28-41)42-29-19-10-20-30-42/h6-32,35-36,46,48,53H,33-34H2,1-5H3,(H,60,76)(H,61,70)(H,62,64)(H,63,71)(H,65,72)/b32-31+,67-45+. The van der Waals surface area contributed by atoms with Crippen LogP contribution in [0.5, 0.6) is 0 Å². The Balaban J connectivity index is 0.985. The number of hydrogen-bond donors (Lipinski definition) is 5. The number of thioether (sulfide) groups is 2. The first-order valence-electron chi connectivity index (χ1n) is 25.7. The van der Waals surface area contributed by atoms with Gasteiger partial charge in [-0.3, -0.25) is 33.4 Å². The summed E-state index contributed by atoms with van der Waals surface area (Å²) in [4.78, 5) is 106. The first-order chi connectivity index (χ1) is 39.6. The molecule has 5 N–H and O–H groups in total. The van der Waals surface area contributed by atoms with E-state index in [9.17, 15) is 33.6 Å². The highest BCUT2D eigenvalue weighted by Gasteiger charge is 2.55. The van der Waals surface area contributed by atoms with E-state index in [0.717, 1.165) is 33.0 Å². The third kappa shape index (κ3) is 12.9. The van der Waals surface area contributed by atoms with E-state index in [1.54, 1.807) is 32.2 Å². The Morgan fingerprint density at radius 1 is 0.829 bits per heavy atom. The summed E-state index contributed by atoms with van der Waals surface area (Å²) in [6.45, 7) is 5.95. The number of oxime groups is 1. The second kappa shape index (κ2) is 25.6. The molecule has 4 heterocycles. The molecule has 3 atom stereocenters. The molecule has 4 amide bonds. The average Bonchev–Trinajstić information content (AvgIpc) is 4.08. The molecule has 2 aliphatic rings. The summed E-state index contributed by atoms with van der Waals surface area (Å²) in [6, 6.07) is 47.0. The number of anilines is 1. The van der Waals surface area contributed by atoms with Gasteiger partial charge in [-0.2, -0.15) is 0 Å². The number of esters is 1. The first kappa shape index (κ1) is 57.6. The fourth-order valence-electron chi connectivity index (χ4n) is 9.21. The van der Waals surface area contributed by atoms with Crippen molar-refractivity contribution >= 4 is 75.5 Å². The van der Waals surface area contributed by atoms with Crippen LogP contribution in [0.2, 0.25) is 0 Å². The zero-order valence-corrected chi connectivity index (χ0v) is 47.4. The van der Waals surface area contributed by atoms with Gasteiger partial charge in [0.1, 0.15) is 53.8 Å². The van der Waals surface area contributed by atoms with E-state index in [1.165, 1.54) is 47.4 Å². The zero-order valence-electron chi connectivity index (χ0n) is 44.9. The molecule has 1 saturated heterocycles. The molecule has 420 valence electrons. The predicted octanol–water partition coefficient (Wildman–Crippen LogP) is 7.59. The van der Waals surface area contributed by atoms with Gasteiger partial charge in [0.15, 0.2) is 22.1 Å². The number of carbonyl (C=O) groups excluding carboxylic acids is 5. The minimum Gasteiger partial charge on any atom is -0.448 e. The van der Waals surface area contributed by atoms with Crippen molar-refractivity contribution < 1.29 is 38.3 Å². The summed E-state index contributed by atoms with van der Waals surface area (Å²) in [7, 11) is 1.30. The lowest BCUT2D eigenvalue weighted by Gasteiger charge is -2.49. The lowest BCUT2D eigenvalue weighted by atomic mass is 9.77. The van der Waals surface area contributed by atoms with Crippen LogP contribution in [0, 0.1) is 0 Å². The summed E-state index contributed by atoms with van der Waals surface area (Å²) in [6.07, 6.45) is -1.32. The number of aromatic nitrogens is 4. The van der Waals surface area contributed by atoms with Gasteiger partial charge in [0.25, 0.3) is 11.8 Å². The Labute approximate surface area is 483 Å². The fourth-order valence-corrected chi connectivity index (χ4v) is 12.1. The van der Waals surface area contributed by atoms with Crippen LogP contribution in [0.3, 0.4) is 0 Å². The molecule has 2 aliphatic heterocycles. The summed E-state index contributed by atoms with van der Waals surface area (Å²) >= 11 is 3.40. The number of benzene rings is 5. The fraction of sp³-hybridized carbons (Fsp3) is 0.220. The highest BCUT2D eigenvalue weighted by Crippen LogP contribution is 2.43. The van der Waals surface area contributed by atoms with Crippen LogP contribution >= 0.6 is 34.9 Å². The Hall–Kier alpha value is -9.06. The second-order valence-corrected chi connectivity index (χ2v) is 22.3. The molecule has 5 aromatic carbocycles. The quantitative estimate of drug-likeness (QED) is 0.00937. The number of hydrogen-bond acceptors (Lipinski definition) is 17. The molecule has 0 spiro atoms. The van der Waals surface area contributed by atoms with E-state index < -0.39 is 82.3 Å². The SMILES string of the molecule is CO/N=C(/C(=O)NC1C(=O)N2C(C(=O)OC(c3ccccc3)c3ccccc3)=C(/C=C/Sc3n[nH]c(=O)c(=O)n3C(C)NC(=O)CNC(=O)OC(C)(C)C)CSC12)c1csc(NC(c2ccccc2)(c2ccccc2)c2ccccc2)n1. The molecule has 0 radical (unpaired) electrons. The molecule has 23 heteroatoms. The van der Waals surface area contributed by atoms with Crippen LogP contribution in [0.1, 0.15) is 73.5 Å². The van der Waals surface area contributed by atoms with Crippen molar-refractivity contribution in [2.75, 3.05) is 24.7 Å². The van der Waals surface area contributed by atoms with Gasteiger partial charge in [0.05, 0.1) is 0 Å². The molecular weight excluding hydrogens is 1100 g/mol. The minimum absolute atomic E-state index is 0.0599. The van der Waals surface area contributed by atoms with Crippen molar-refractivity contribution in [3.63, 3.8) is 0 Å². The number of thiazole rings is 1. The van der Waals surface area contributed by atoms with Crippen molar-refractivity contribution in [2.24, 2.45) is 5.16 Å². The maximum atomic E-state index is 14.9. The average molecular weight is 1160 g/mol. The number of rotatable bonds is 20. The Morgan fingerprint density at radius 3 is 1.94 bits per heavy atom. The van der Waals surface area contributed by atoms with Crippen molar-refractivity contribution in [1.82, 2.24) is 40.6 Å². The van der Waals surface area contributed by atoms with Gasteiger partial charge in [-0.05, 0) is 72.6 Å². The van der Waals surface area contributed by atoms with E-state index in [0.29, 0.717) is 21.8 Å². The number of β-lactam (4-membered cyclic amide) rings is 1. The van der Waals surface area contributed by atoms with Gasteiger partial charge >= 0.3 is 23.2 Å². The number of allylic oxidation sites excluding steroid dienone is 1. The second-order valence-electron chi connectivity index (χ2n) is 19.5. The lowest BCUT2D eigenvalue weighted by molar-refractivity contribution is -0.154. The Bertz CT molecular complexity index is 3530. The highest BCUT2D eigenvalue weighted by molar-refractivity contribution is 8.02. The van der Waals surface area contributed by atoms with Crippen LogP contribution in [0.4, 0.5) is 9.93 Å². The number of nitrogens with zero attached hydrogens (tertiary/aromatic N) is 5. The molecule has 0 bridgehead atoms. The van der Waals surface area contributed by atoms with Gasteiger partial charge in [-0.15, -0.1) is 28.2 Å². The molecule has 3 unspecified atom stereocenters. The topological polar surface area (TPSA) is 257 Å². The number of aromatic amines is 1. The van der Waals surface area contributed by atoms with E-state index in [4.69, 9.17) is 19.3 Å².